The van der Waals surface area contributed by atoms with Gasteiger partial charge in [0.25, 0.3) is 0 Å². The summed E-state index contributed by atoms with van der Waals surface area (Å²) in [6, 6.07) is 71.7. The lowest BCUT2D eigenvalue weighted by Gasteiger charge is -2.33. The van der Waals surface area contributed by atoms with Crippen molar-refractivity contribution in [3.8, 4) is 27.9 Å². The molecule has 0 saturated heterocycles. The Balaban J connectivity index is 0.000000113. The average molecular weight is 1080 g/mol. The number of rotatable bonds is 4. The largest absolute Gasteiger partial charge is 0.332 e. The fourth-order valence-electron chi connectivity index (χ4n) is 15.2. The van der Waals surface area contributed by atoms with E-state index in [9.17, 15) is 0 Å². The number of hydrogen-bond donors (Lipinski definition) is 0. The maximum absolute atomic E-state index is 2.58. The monoisotopic (exact) mass is 1080 g/mol. The van der Waals surface area contributed by atoms with Crippen molar-refractivity contribution >= 4 is 54.8 Å². The number of nitrogens with zero attached hydrogens (tertiary/aromatic N) is 2. The van der Waals surface area contributed by atoms with Gasteiger partial charge in [-0.25, -0.2) is 0 Å². The van der Waals surface area contributed by atoms with Gasteiger partial charge in [-0.3, -0.25) is 0 Å². The molecule has 84 heavy (non-hydrogen) atoms. The Morgan fingerprint density at radius 3 is 1.83 bits per heavy atom. The highest BCUT2D eigenvalue weighted by Crippen LogP contribution is 2.64. The van der Waals surface area contributed by atoms with Gasteiger partial charge in [-0.05, 0) is 203 Å². The second-order valence-electron chi connectivity index (χ2n) is 23.9. The van der Waals surface area contributed by atoms with Gasteiger partial charge >= 0.3 is 0 Å². The van der Waals surface area contributed by atoms with Crippen LogP contribution in [0.4, 0.5) is 0 Å². The van der Waals surface area contributed by atoms with Crippen LogP contribution >= 0.6 is 0 Å². The molecule has 0 N–H and O–H groups in total. The van der Waals surface area contributed by atoms with E-state index in [1.54, 1.807) is 11.1 Å². The van der Waals surface area contributed by atoms with E-state index in [0.29, 0.717) is 5.92 Å². The van der Waals surface area contributed by atoms with Gasteiger partial charge in [-0.15, -0.1) is 0 Å². The van der Waals surface area contributed by atoms with E-state index in [1.807, 2.05) is 0 Å². The first-order valence-corrected chi connectivity index (χ1v) is 30.3. The van der Waals surface area contributed by atoms with E-state index in [1.165, 1.54) is 145 Å². The Morgan fingerprint density at radius 1 is 0.417 bits per heavy atom. The molecule has 406 valence electrons. The number of hydrogen-bond acceptors (Lipinski definition) is 0. The molecule has 11 aromatic rings. The lowest BCUT2D eigenvalue weighted by molar-refractivity contribution is 0.534. The Labute approximate surface area is 494 Å². The molecule has 0 aliphatic heterocycles. The van der Waals surface area contributed by atoms with Crippen molar-refractivity contribution < 1.29 is 0 Å². The van der Waals surface area contributed by atoms with Crippen molar-refractivity contribution in [3.63, 3.8) is 0 Å². The lowest BCUT2D eigenvalue weighted by Crippen LogP contribution is -2.28. The highest BCUT2D eigenvalue weighted by atomic mass is 15.0. The van der Waals surface area contributed by atoms with Gasteiger partial charge in [0.15, 0.2) is 0 Å². The van der Waals surface area contributed by atoms with Gasteiger partial charge in [0.1, 0.15) is 0 Å². The first-order valence-electron chi connectivity index (χ1n) is 30.3. The predicted octanol–water partition coefficient (Wildman–Crippen LogP) is 21.4. The summed E-state index contributed by atoms with van der Waals surface area (Å²) in [5, 5.41) is 5.26. The topological polar surface area (TPSA) is 9.86 Å². The van der Waals surface area contributed by atoms with Crippen LogP contribution in [0, 0.1) is 40.5 Å². The molecule has 17 rings (SSSR count). The Morgan fingerprint density at radius 2 is 1.02 bits per heavy atom. The summed E-state index contributed by atoms with van der Waals surface area (Å²) in [6.07, 6.45) is 30.1. The molecule has 0 fully saturated rings. The standard InChI is InChI=1S/C37H31N.C26H22.C19H15N/c1-24-15-19-32-33-20-18-29(28-17-16-26(3)34(22-28)30-12-6-4-9-25(30)2)23-37(33)38(36(32)21-24)35-14-8-11-27-10-5-7-13-31(27)35;1-17-9-8-16-24-25(17)20-12-4-7-15-23(20)26(24)21-13-5-2-10-18(21)19-11-3-6-14-22(19)26;1-14-11-12-17-16-9-5-6-10-18(16)20(19(17)13-14)15-7-3-2-4-8-15/h4-23,31,35H,1-3H3;2,5-10,13-16H,3-4,11-12H2,1H3;2-13H,1H3. The van der Waals surface area contributed by atoms with Crippen molar-refractivity contribution in [1.29, 1.82) is 0 Å². The number of allylic oxidation sites excluding steroid dienone is 16. The van der Waals surface area contributed by atoms with Crippen LogP contribution in [-0.4, -0.2) is 9.13 Å². The van der Waals surface area contributed by atoms with Crippen LogP contribution in [0.1, 0.15) is 81.8 Å². The van der Waals surface area contributed by atoms with Gasteiger partial charge in [0.2, 0.25) is 0 Å². The fraction of sp³-hybridized carbons (Fsp3) is 0.146. The molecule has 0 bridgehead atoms. The van der Waals surface area contributed by atoms with E-state index < -0.39 is 0 Å². The third-order valence-electron chi connectivity index (χ3n) is 19.0. The number of aromatic nitrogens is 2. The zero-order valence-electron chi connectivity index (χ0n) is 48.7. The zero-order valence-corrected chi connectivity index (χ0v) is 48.7. The SMILES string of the molecule is Cc1ccc2c3ccc(-c4ccc(C)c(-c5ccccc5C)c4)cc3n(C3C=CC=C4C=CC=CC43)c2c1.Cc1ccc2c3ccccc3n(-c3ccccc3)c2c1.Cc1cccc2c1C1=C(C=CCC1)C21C2=C(CCC=C2)c2ccccc21. The Bertz CT molecular complexity index is 4780. The third kappa shape index (κ3) is 8.21. The first-order chi connectivity index (χ1) is 41.3. The van der Waals surface area contributed by atoms with Crippen LogP contribution < -0.4 is 0 Å². The molecular weight excluding hydrogens is 1010 g/mol. The first kappa shape index (κ1) is 51.4. The average Bonchev–Trinajstić information content (AvgIpc) is 1.76. The highest BCUT2D eigenvalue weighted by Gasteiger charge is 2.53. The minimum absolute atomic E-state index is 0.0869. The van der Waals surface area contributed by atoms with Crippen LogP contribution in [-0.2, 0) is 5.41 Å². The minimum atomic E-state index is -0.0869. The molecule has 2 aromatic heterocycles. The second kappa shape index (κ2) is 20.7. The fourth-order valence-corrected chi connectivity index (χ4v) is 15.2. The molecule has 0 saturated carbocycles. The third-order valence-corrected chi connectivity index (χ3v) is 19.0. The predicted molar refractivity (Wildman–Crippen MR) is 357 cm³/mol. The van der Waals surface area contributed by atoms with Crippen molar-refractivity contribution in [2.45, 2.75) is 71.8 Å². The van der Waals surface area contributed by atoms with Crippen molar-refractivity contribution in [3.05, 3.63) is 328 Å². The molecule has 0 radical (unpaired) electrons. The summed E-state index contributed by atoms with van der Waals surface area (Å²) in [5.74, 6) is 0.333. The van der Waals surface area contributed by atoms with Gasteiger partial charge in [0, 0.05) is 38.7 Å². The van der Waals surface area contributed by atoms with E-state index in [0.717, 1.165) is 19.3 Å². The summed E-state index contributed by atoms with van der Waals surface area (Å²) >= 11 is 0. The van der Waals surface area contributed by atoms with Crippen molar-refractivity contribution in [2.75, 3.05) is 0 Å². The summed E-state index contributed by atoms with van der Waals surface area (Å²) < 4.78 is 4.92. The second-order valence-corrected chi connectivity index (χ2v) is 23.9. The van der Waals surface area contributed by atoms with Crippen LogP contribution in [0.2, 0.25) is 0 Å². The van der Waals surface area contributed by atoms with Crippen molar-refractivity contribution in [1.82, 2.24) is 9.13 Å². The molecule has 3 atom stereocenters. The Kier molecular flexibility index (Phi) is 12.7. The van der Waals surface area contributed by atoms with Crippen molar-refractivity contribution in [2.24, 2.45) is 5.92 Å². The normalized spacial score (nSPS) is 18.6. The molecule has 0 amide bonds. The quantitative estimate of drug-likeness (QED) is 0.166. The zero-order chi connectivity index (χ0) is 56.6. The van der Waals surface area contributed by atoms with E-state index in [2.05, 4.69) is 305 Å². The smallest absolute Gasteiger partial charge is 0.0718 e. The summed E-state index contributed by atoms with van der Waals surface area (Å²) in [4.78, 5) is 0. The molecular formula is C82H68N2. The molecule has 3 unspecified atom stereocenters. The molecule has 1 spiro atoms. The van der Waals surface area contributed by atoms with E-state index in [-0.39, 0.29) is 11.5 Å². The minimum Gasteiger partial charge on any atom is -0.332 e. The number of benzene rings is 9. The van der Waals surface area contributed by atoms with Crippen LogP contribution in [0.5, 0.6) is 0 Å². The molecule has 2 nitrogen and oxygen atoms in total. The summed E-state index contributed by atoms with van der Waals surface area (Å²) in [5.41, 5.74) is 31.6. The van der Waals surface area contributed by atoms with E-state index >= 15 is 0 Å². The van der Waals surface area contributed by atoms with Crippen LogP contribution in [0.15, 0.2) is 278 Å². The number of aryl methyl sites for hydroxylation is 5. The molecule has 6 aliphatic carbocycles. The van der Waals surface area contributed by atoms with Crippen LogP contribution in [0.25, 0.3) is 82.7 Å². The molecule has 9 aromatic carbocycles. The van der Waals surface area contributed by atoms with Gasteiger partial charge in [0.05, 0.1) is 28.0 Å². The van der Waals surface area contributed by atoms with Gasteiger partial charge < -0.3 is 9.13 Å². The lowest BCUT2D eigenvalue weighted by atomic mass is 9.67. The molecule has 2 heterocycles. The number of para-hydroxylation sites is 2. The van der Waals surface area contributed by atoms with E-state index in [4.69, 9.17) is 0 Å². The number of fused-ring (bicyclic) bond motifs is 15. The summed E-state index contributed by atoms with van der Waals surface area (Å²) in [7, 11) is 0. The van der Waals surface area contributed by atoms with Gasteiger partial charge in [-0.1, -0.05) is 218 Å². The Hall–Kier alpha value is -9.50. The highest BCUT2D eigenvalue weighted by molar-refractivity contribution is 6.11. The molecule has 2 heteroatoms. The summed E-state index contributed by atoms with van der Waals surface area (Å²) in [6.45, 7) is 11.0. The molecule has 6 aliphatic rings. The maximum Gasteiger partial charge on any atom is 0.0718 e. The maximum atomic E-state index is 2.58. The van der Waals surface area contributed by atoms with Crippen LogP contribution in [0.3, 0.4) is 0 Å². The van der Waals surface area contributed by atoms with Gasteiger partial charge in [-0.2, -0.15) is 0 Å².